The first-order chi connectivity index (χ1) is 10.1. The Hall–Kier alpha value is -2.60. The Labute approximate surface area is 124 Å². The molecule has 1 atom stereocenters. The van der Waals surface area contributed by atoms with Gasteiger partial charge in [-0.3, -0.25) is 4.79 Å². The molecule has 0 aliphatic heterocycles. The Kier molecular flexibility index (Phi) is 4.73. The van der Waals surface area contributed by atoms with Gasteiger partial charge in [-0.15, -0.1) is 0 Å². The third-order valence-electron chi connectivity index (χ3n) is 3.32. The minimum absolute atomic E-state index is 0.0890. The second-order valence-electron chi connectivity index (χ2n) is 4.79. The molecule has 0 N–H and O–H groups in total. The Bertz CT molecular complexity index is 651. The predicted molar refractivity (Wildman–Crippen MR) is 82.0 cm³/mol. The van der Waals surface area contributed by atoms with E-state index in [4.69, 9.17) is 10.00 Å². The standard InChI is InChI=1S/C18H17NO2/c1-3-18(20)13(2)21-17-10-8-16(9-11-17)15-6-4-14(12-19)5-7-15/h4-11,13H,3H2,1-2H3. The minimum atomic E-state index is -0.421. The van der Waals surface area contributed by atoms with Gasteiger partial charge in [0, 0.05) is 6.42 Å². The molecule has 2 aromatic rings. The molecule has 2 aromatic carbocycles. The number of hydrogen-bond donors (Lipinski definition) is 0. The van der Waals surface area contributed by atoms with E-state index in [-0.39, 0.29) is 5.78 Å². The fraction of sp³-hybridized carbons (Fsp3) is 0.222. The molecule has 1 unspecified atom stereocenters. The average Bonchev–Trinajstić information content (AvgIpc) is 2.55. The maximum Gasteiger partial charge on any atom is 0.172 e. The summed E-state index contributed by atoms with van der Waals surface area (Å²) in [5.74, 6) is 0.771. The Balaban J connectivity index is 2.11. The summed E-state index contributed by atoms with van der Waals surface area (Å²) in [6, 6.07) is 17.1. The third kappa shape index (κ3) is 3.70. The monoisotopic (exact) mass is 279 g/mol. The van der Waals surface area contributed by atoms with Crippen molar-refractivity contribution in [3.63, 3.8) is 0 Å². The van der Waals surface area contributed by atoms with Gasteiger partial charge < -0.3 is 4.74 Å². The molecule has 0 aliphatic carbocycles. The molecule has 0 fully saturated rings. The Morgan fingerprint density at radius 2 is 1.62 bits per heavy atom. The van der Waals surface area contributed by atoms with Gasteiger partial charge in [0.1, 0.15) is 5.75 Å². The number of ether oxygens (including phenoxy) is 1. The van der Waals surface area contributed by atoms with Crippen LogP contribution in [0.1, 0.15) is 25.8 Å². The number of nitriles is 1. The zero-order chi connectivity index (χ0) is 15.2. The van der Waals surface area contributed by atoms with Crippen molar-refractivity contribution in [2.24, 2.45) is 0 Å². The van der Waals surface area contributed by atoms with Crippen LogP contribution in [0.4, 0.5) is 0 Å². The van der Waals surface area contributed by atoms with Gasteiger partial charge in [0.25, 0.3) is 0 Å². The molecule has 0 amide bonds. The topological polar surface area (TPSA) is 50.1 Å². The molecule has 21 heavy (non-hydrogen) atoms. The SMILES string of the molecule is CCC(=O)C(C)Oc1ccc(-c2ccc(C#N)cc2)cc1. The van der Waals surface area contributed by atoms with Crippen LogP contribution in [0.2, 0.25) is 0 Å². The van der Waals surface area contributed by atoms with Crippen LogP contribution >= 0.6 is 0 Å². The van der Waals surface area contributed by atoms with Gasteiger partial charge >= 0.3 is 0 Å². The minimum Gasteiger partial charge on any atom is -0.483 e. The number of carbonyl (C=O) groups is 1. The van der Waals surface area contributed by atoms with Gasteiger partial charge in [-0.2, -0.15) is 5.26 Å². The van der Waals surface area contributed by atoms with Crippen molar-refractivity contribution in [1.82, 2.24) is 0 Å². The summed E-state index contributed by atoms with van der Waals surface area (Å²) in [5.41, 5.74) is 2.73. The maximum absolute atomic E-state index is 11.5. The molecular formula is C18H17NO2. The number of nitrogens with zero attached hydrogens (tertiary/aromatic N) is 1. The van der Waals surface area contributed by atoms with Gasteiger partial charge in [-0.25, -0.2) is 0 Å². The summed E-state index contributed by atoms with van der Waals surface area (Å²) in [5, 5.41) is 8.79. The quantitative estimate of drug-likeness (QED) is 0.832. The highest BCUT2D eigenvalue weighted by Gasteiger charge is 2.12. The lowest BCUT2D eigenvalue weighted by Gasteiger charge is -2.13. The van der Waals surface area contributed by atoms with Crippen LogP contribution in [0.3, 0.4) is 0 Å². The van der Waals surface area contributed by atoms with E-state index in [0.717, 1.165) is 11.1 Å². The number of benzene rings is 2. The number of carbonyl (C=O) groups excluding carboxylic acids is 1. The fourth-order valence-corrected chi connectivity index (χ4v) is 2.02. The van der Waals surface area contributed by atoms with Crippen molar-refractivity contribution in [1.29, 1.82) is 5.26 Å². The predicted octanol–water partition coefficient (Wildman–Crippen LogP) is 3.97. The lowest BCUT2D eigenvalue weighted by Crippen LogP contribution is -2.22. The summed E-state index contributed by atoms with van der Waals surface area (Å²) in [7, 11) is 0. The molecule has 0 saturated carbocycles. The zero-order valence-electron chi connectivity index (χ0n) is 12.2. The maximum atomic E-state index is 11.5. The van der Waals surface area contributed by atoms with Crippen molar-refractivity contribution in [3.8, 4) is 22.9 Å². The van der Waals surface area contributed by atoms with Crippen LogP contribution in [0.15, 0.2) is 48.5 Å². The van der Waals surface area contributed by atoms with Crippen LogP contribution in [-0.2, 0) is 4.79 Å². The van der Waals surface area contributed by atoms with Crippen LogP contribution in [0, 0.1) is 11.3 Å². The summed E-state index contributed by atoms with van der Waals surface area (Å²) in [4.78, 5) is 11.5. The highest BCUT2D eigenvalue weighted by atomic mass is 16.5. The number of Topliss-reactive ketones (excluding diaryl/α,β-unsaturated/α-hetero) is 1. The second-order valence-corrected chi connectivity index (χ2v) is 4.79. The summed E-state index contributed by atoms with van der Waals surface area (Å²) >= 11 is 0. The van der Waals surface area contributed by atoms with Crippen molar-refractivity contribution in [3.05, 3.63) is 54.1 Å². The molecular weight excluding hydrogens is 262 g/mol. The highest BCUT2D eigenvalue weighted by Crippen LogP contribution is 2.23. The Morgan fingerprint density at radius 3 is 2.10 bits per heavy atom. The Morgan fingerprint density at radius 1 is 1.10 bits per heavy atom. The van der Waals surface area contributed by atoms with Crippen LogP contribution < -0.4 is 4.74 Å². The van der Waals surface area contributed by atoms with E-state index in [1.807, 2.05) is 43.3 Å². The molecule has 0 radical (unpaired) electrons. The van der Waals surface area contributed by atoms with Gasteiger partial charge in [-0.05, 0) is 42.3 Å². The fourth-order valence-electron chi connectivity index (χ4n) is 2.02. The third-order valence-corrected chi connectivity index (χ3v) is 3.32. The lowest BCUT2D eigenvalue weighted by atomic mass is 10.0. The average molecular weight is 279 g/mol. The number of hydrogen-bond acceptors (Lipinski definition) is 3. The first-order valence-electron chi connectivity index (χ1n) is 6.94. The molecule has 0 spiro atoms. The van der Waals surface area contributed by atoms with Gasteiger partial charge in [-0.1, -0.05) is 31.2 Å². The molecule has 0 heterocycles. The largest absolute Gasteiger partial charge is 0.483 e. The molecule has 106 valence electrons. The molecule has 0 bridgehead atoms. The van der Waals surface area contributed by atoms with Crippen molar-refractivity contribution in [2.45, 2.75) is 26.4 Å². The first kappa shape index (κ1) is 14.8. The lowest BCUT2D eigenvalue weighted by molar-refractivity contribution is -0.124. The van der Waals surface area contributed by atoms with E-state index in [9.17, 15) is 4.79 Å². The summed E-state index contributed by atoms with van der Waals surface area (Å²) in [6.07, 6.45) is 0.0561. The van der Waals surface area contributed by atoms with E-state index in [1.165, 1.54) is 0 Å². The van der Waals surface area contributed by atoms with Crippen LogP contribution in [0.5, 0.6) is 5.75 Å². The molecule has 0 saturated heterocycles. The van der Waals surface area contributed by atoms with Crippen molar-refractivity contribution < 1.29 is 9.53 Å². The van der Waals surface area contributed by atoms with E-state index in [2.05, 4.69) is 6.07 Å². The molecule has 3 nitrogen and oxygen atoms in total. The van der Waals surface area contributed by atoms with Gasteiger partial charge in [0.15, 0.2) is 11.9 Å². The van der Waals surface area contributed by atoms with E-state index >= 15 is 0 Å². The molecule has 3 heteroatoms. The van der Waals surface area contributed by atoms with Crippen molar-refractivity contribution >= 4 is 5.78 Å². The van der Waals surface area contributed by atoms with Crippen LogP contribution in [-0.4, -0.2) is 11.9 Å². The first-order valence-corrected chi connectivity index (χ1v) is 6.94. The van der Waals surface area contributed by atoms with Crippen molar-refractivity contribution in [2.75, 3.05) is 0 Å². The van der Waals surface area contributed by atoms with Gasteiger partial charge in [0.2, 0.25) is 0 Å². The molecule has 0 aromatic heterocycles. The van der Waals surface area contributed by atoms with Gasteiger partial charge in [0.05, 0.1) is 11.6 Å². The smallest absolute Gasteiger partial charge is 0.172 e. The molecule has 0 aliphatic rings. The number of ketones is 1. The normalized spacial score (nSPS) is 11.5. The van der Waals surface area contributed by atoms with E-state index in [0.29, 0.717) is 17.7 Å². The number of rotatable bonds is 5. The van der Waals surface area contributed by atoms with Crippen LogP contribution in [0.25, 0.3) is 11.1 Å². The van der Waals surface area contributed by atoms with E-state index in [1.54, 1.807) is 19.1 Å². The summed E-state index contributed by atoms with van der Waals surface area (Å²) in [6.45, 7) is 3.59. The second kappa shape index (κ2) is 6.71. The summed E-state index contributed by atoms with van der Waals surface area (Å²) < 4.78 is 5.60. The zero-order valence-corrected chi connectivity index (χ0v) is 12.2. The highest BCUT2D eigenvalue weighted by molar-refractivity contribution is 5.82. The molecule has 2 rings (SSSR count). The van der Waals surface area contributed by atoms with E-state index < -0.39 is 6.10 Å².